The van der Waals surface area contributed by atoms with Crippen LogP contribution in [0.1, 0.15) is 24.5 Å². The predicted octanol–water partition coefficient (Wildman–Crippen LogP) is 5.62. The van der Waals surface area contributed by atoms with Gasteiger partial charge in [0.15, 0.2) is 5.15 Å². The molecule has 0 fully saturated rings. The third-order valence-electron chi connectivity index (χ3n) is 4.51. The van der Waals surface area contributed by atoms with Crippen LogP contribution in [-0.4, -0.2) is 33.0 Å². The largest absolute Gasteiger partial charge is 0.416 e. The normalized spacial score (nSPS) is 11.5. The number of thioether (sulfide) groups is 1. The number of pyridine rings is 1. The van der Waals surface area contributed by atoms with Crippen molar-refractivity contribution < 1.29 is 18.0 Å². The smallest absolute Gasteiger partial charge is 0.308 e. The van der Waals surface area contributed by atoms with Crippen molar-refractivity contribution in [1.82, 2.24) is 14.8 Å². The number of carbonyl (C=O) groups is 1. The van der Waals surface area contributed by atoms with Gasteiger partial charge in [-0.1, -0.05) is 29.8 Å². The average Bonchev–Trinajstić information content (AvgIpc) is 3.13. The SMILES string of the molecule is CCN(C(=O)CCSCc1ccccc1C(F)(F)F)c1cn(-c2cccnc2)nc1Cl. The monoisotopic (exact) mass is 468 g/mol. The zero-order valence-corrected chi connectivity index (χ0v) is 18.2. The number of rotatable bonds is 8. The lowest BCUT2D eigenvalue weighted by atomic mass is 10.1. The molecule has 0 radical (unpaired) electrons. The van der Waals surface area contributed by atoms with Crippen molar-refractivity contribution in [2.45, 2.75) is 25.3 Å². The average molecular weight is 469 g/mol. The molecule has 3 rings (SSSR count). The molecule has 0 saturated heterocycles. The molecule has 0 aliphatic rings. The Morgan fingerprint density at radius 1 is 1.23 bits per heavy atom. The molecule has 0 N–H and O–H groups in total. The Kier molecular flexibility index (Phi) is 7.61. The summed E-state index contributed by atoms with van der Waals surface area (Å²) < 4.78 is 40.8. The maximum absolute atomic E-state index is 13.1. The summed E-state index contributed by atoms with van der Waals surface area (Å²) in [5.74, 6) is 0.386. The van der Waals surface area contributed by atoms with E-state index in [4.69, 9.17) is 11.6 Å². The van der Waals surface area contributed by atoms with Gasteiger partial charge < -0.3 is 4.90 Å². The lowest BCUT2D eigenvalue weighted by molar-refractivity contribution is -0.138. The van der Waals surface area contributed by atoms with E-state index in [1.54, 1.807) is 35.4 Å². The summed E-state index contributed by atoms with van der Waals surface area (Å²) in [5, 5.41) is 4.42. The molecule has 2 heterocycles. The summed E-state index contributed by atoms with van der Waals surface area (Å²) in [7, 11) is 0. The van der Waals surface area contributed by atoms with Crippen molar-refractivity contribution in [1.29, 1.82) is 0 Å². The van der Waals surface area contributed by atoms with Crippen LogP contribution in [0, 0.1) is 0 Å². The highest BCUT2D eigenvalue weighted by Gasteiger charge is 2.32. The molecule has 0 bridgehead atoms. The Balaban J connectivity index is 1.61. The van der Waals surface area contributed by atoms with Gasteiger partial charge in [0.1, 0.15) is 5.69 Å². The second-order valence-corrected chi connectivity index (χ2v) is 8.02. The fraction of sp³-hybridized carbons (Fsp3) is 0.286. The maximum Gasteiger partial charge on any atom is 0.416 e. The standard InChI is InChI=1S/C21H20ClF3N4OS/c1-2-28(18-13-29(27-20(18)22)16-7-5-10-26-12-16)19(30)9-11-31-14-15-6-3-4-8-17(15)21(23,24)25/h3-8,10,12-13H,2,9,11,14H2,1H3. The minimum Gasteiger partial charge on any atom is -0.308 e. The van der Waals surface area contributed by atoms with Crippen LogP contribution in [0.15, 0.2) is 55.0 Å². The second-order valence-electron chi connectivity index (χ2n) is 6.56. The summed E-state index contributed by atoms with van der Waals surface area (Å²) >= 11 is 7.54. The Hall–Kier alpha value is -2.52. The Morgan fingerprint density at radius 2 is 2.00 bits per heavy atom. The van der Waals surface area contributed by atoms with Crippen LogP contribution >= 0.6 is 23.4 Å². The van der Waals surface area contributed by atoms with E-state index in [2.05, 4.69) is 10.1 Å². The molecular formula is C21H20ClF3N4OS. The van der Waals surface area contributed by atoms with Gasteiger partial charge in [0.2, 0.25) is 5.91 Å². The zero-order valence-electron chi connectivity index (χ0n) is 16.6. The van der Waals surface area contributed by atoms with E-state index in [9.17, 15) is 18.0 Å². The summed E-state index contributed by atoms with van der Waals surface area (Å²) in [4.78, 5) is 18.3. The van der Waals surface area contributed by atoms with Gasteiger partial charge in [-0.2, -0.15) is 30.0 Å². The first-order chi connectivity index (χ1) is 14.8. The van der Waals surface area contributed by atoms with Crippen LogP contribution in [-0.2, 0) is 16.7 Å². The number of aromatic nitrogens is 3. The molecule has 5 nitrogen and oxygen atoms in total. The van der Waals surface area contributed by atoms with E-state index in [-0.39, 0.29) is 28.8 Å². The minimum absolute atomic E-state index is 0.168. The molecule has 31 heavy (non-hydrogen) atoms. The molecule has 0 unspecified atom stereocenters. The van der Waals surface area contributed by atoms with Crippen LogP contribution in [0.4, 0.5) is 18.9 Å². The Labute approximate surface area is 187 Å². The predicted molar refractivity (Wildman–Crippen MR) is 117 cm³/mol. The first-order valence-corrected chi connectivity index (χ1v) is 11.0. The zero-order chi connectivity index (χ0) is 22.4. The van der Waals surface area contributed by atoms with Gasteiger partial charge in [-0.15, -0.1) is 0 Å². The third-order valence-corrected chi connectivity index (χ3v) is 5.79. The number of benzene rings is 1. The first-order valence-electron chi connectivity index (χ1n) is 9.50. The molecule has 2 aromatic heterocycles. The molecule has 3 aromatic rings. The molecule has 164 valence electrons. The van der Waals surface area contributed by atoms with Crippen LogP contribution in [0.2, 0.25) is 5.15 Å². The van der Waals surface area contributed by atoms with Gasteiger partial charge in [-0.05, 0) is 30.7 Å². The van der Waals surface area contributed by atoms with Crippen LogP contribution in [0.3, 0.4) is 0 Å². The molecular weight excluding hydrogens is 449 g/mol. The fourth-order valence-corrected chi connectivity index (χ4v) is 4.19. The number of carbonyl (C=O) groups excluding carboxylic acids is 1. The molecule has 0 spiro atoms. The second kappa shape index (κ2) is 10.2. The van der Waals surface area contributed by atoms with Crippen LogP contribution < -0.4 is 4.90 Å². The summed E-state index contributed by atoms with van der Waals surface area (Å²) in [6, 6.07) is 9.06. The number of nitrogens with zero attached hydrogens (tertiary/aromatic N) is 4. The molecule has 0 atom stereocenters. The Morgan fingerprint density at radius 3 is 2.68 bits per heavy atom. The minimum atomic E-state index is -4.39. The van der Waals surface area contributed by atoms with Gasteiger partial charge in [-0.25, -0.2) is 4.68 Å². The van der Waals surface area contributed by atoms with Gasteiger partial charge in [0.25, 0.3) is 0 Å². The topological polar surface area (TPSA) is 51.0 Å². The van der Waals surface area contributed by atoms with E-state index in [1.807, 2.05) is 13.0 Å². The highest BCUT2D eigenvalue weighted by Crippen LogP contribution is 2.33. The number of halogens is 4. The lowest BCUT2D eigenvalue weighted by Crippen LogP contribution is -2.30. The molecule has 0 saturated carbocycles. The van der Waals surface area contributed by atoms with Crippen molar-refractivity contribution >= 4 is 35.0 Å². The molecule has 1 aromatic carbocycles. The lowest BCUT2D eigenvalue weighted by Gasteiger charge is -2.19. The van der Waals surface area contributed by atoms with E-state index < -0.39 is 11.7 Å². The van der Waals surface area contributed by atoms with E-state index >= 15 is 0 Å². The quantitative estimate of drug-likeness (QED) is 0.403. The van der Waals surface area contributed by atoms with Crippen molar-refractivity contribution in [3.8, 4) is 5.69 Å². The molecule has 10 heteroatoms. The summed E-state index contributed by atoms with van der Waals surface area (Å²) in [6.45, 7) is 2.21. The van der Waals surface area contributed by atoms with E-state index in [0.717, 1.165) is 6.07 Å². The highest BCUT2D eigenvalue weighted by atomic mass is 35.5. The number of hydrogen-bond donors (Lipinski definition) is 0. The molecule has 1 amide bonds. The van der Waals surface area contributed by atoms with E-state index in [0.29, 0.717) is 23.7 Å². The van der Waals surface area contributed by atoms with Gasteiger partial charge >= 0.3 is 6.18 Å². The number of anilines is 1. The summed E-state index contributed by atoms with van der Waals surface area (Å²) in [5.41, 5.74) is 0.752. The van der Waals surface area contributed by atoms with Crippen molar-refractivity contribution in [3.05, 3.63) is 71.3 Å². The van der Waals surface area contributed by atoms with Crippen LogP contribution in [0.25, 0.3) is 5.69 Å². The highest BCUT2D eigenvalue weighted by molar-refractivity contribution is 7.98. The fourth-order valence-electron chi connectivity index (χ4n) is 3.03. The number of hydrogen-bond acceptors (Lipinski definition) is 4. The Bertz CT molecular complexity index is 1030. The van der Waals surface area contributed by atoms with Gasteiger partial charge in [0.05, 0.1) is 23.6 Å². The van der Waals surface area contributed by atoms with Gasteiger partial charge in [0, 0.05) is 30.7 Å². The molecule has 0 aliphatic heterocycles. The third kappa shape index (κ3) is 5.80. The van der Waals surface area contributed by atoms with Gasteiger partial charge in [-0.3, -0.25) is 9.78 Å². The maximum atomic E-state index is 13.1. The summed E-state index contributed by atoms with van der Waals surface area (Å²) in [6.07, 6.45) is 0.703. The number of amides is 1. The van der Waals surface area contributed by atoms with E-state index in [1.165, 1.54) is 28.8 Å². The van der Waals surface area contributed by atoms with Crippen molar-refractivity contribution in [2.75, 3.05) is 17.2 Å². The number of alkyl halides is 3. The first kappa shape index (κ1) is 23.1. The van der Waals surface area contributed by atoms with Crippen LogP contribution in [0.5, 0.6) is 0 Å². The van der Waals surface area contributed by atoms with Crippen molar-refractivity contribution in [3.63, 3.8) is 0 Å². The van der Waals surface area contributed by atoms with Crippen molar-refractivity contribution in [2.24, 2.45) is 0 Å². The molecule has 0 aliphatic carbocycles.